The van der Waals surface area contributed by atoms with Crippen LogP contribution in [0.15, 0.2) is 72.0 Å². The van der Waals surface area contributed by atoms with Gasteiger partial charge in [-0.25, -0.2) is 4.79 Å². The first-order valence-corrected chi connectivity index (χ1v) is 14.7. The number of carbonyl (C=O) groups excluding carboxylic acids is 3. The van der Waals surface area contributed by atoms with Crippen molar-refractivity contribution in [2.45, 2.75) is 19.1 Å². The Bertz CT molecular complexity index is 1500. The quantitative estimate of drug-likeness (QED) is 0.113. The van der Waals surface area contributed by atoms with Gasteiger partial charge in [0, 0.05) is 18.1 Å². The van der Waals surface area contributed by atoms with Crippen molar-refractivity contribution in [3.05, 3.63) is 88.7 Å². The molecule has 1 N–H and O–H groups in total. The molecule has 1 heterocycles. The van der Waals surface area contributed by atoms with Crippen LogP contribution in [0.4, 0.5) is 0 Å². The molecule has 0 radical (unpaired) electrons. The first-order chi connectivity index (χ1) is 19.0. The predicted molar refractivity (Wildman–Crippen MR) is 161 cm³/mol. The monoisotopic (exact) mass is 800 g/mol. The molecule has 0 saturated carbocycles. The van der Waals surface area contributed by atoms with Crippen LogP contribution in [0.3, 0.4) is 0 Å². The summed E-state index contributed by atoms with van der Waals surface area (Å²) in [5.41, 5.74) is 0.915. The number of hydrogen-bond donors (Lipinski definition) is 1. The second kappa shape index (κ2) is 12.6. The van der Waals surface area contributed by atoms with Gasteiger partial charge < -0.3 is 24.1 Å². The third-order valence-electron chi connectivity index (χ3n) is 5.98. The maximum atomic E-state index is 13.9. The van der Waals surface area contributed by atoms with Gasteiger partial charge in [-0.2, -0.15) is 0 Å². The number of cyclic esters (lactones) is 1. The fourth-order valence-corrected chi connectivity index (χ4v) is 7.05. The van der Waals surface area contributed by atoms with Gasteiger partial charge >= 0.3 is 11.9 Å². The number of aliphatic hydroxyl groups excluding tert-OH is 1. The van der Waals surface area contributed by atoms with Crippen molar-refractivity contribution in [2.75, 3.05) is 14.2 Å². The summed E-state index contributed by atoms with van der Waals surface area (Å²) in [5.74, 6) is -0.781. The zero-order chi connectivity index (χ0) is 29.3. The lowest BCUT2D eigenvalue weighted by Crippen LogP contribution is -2.21. The lowest BCUT2D eigenvalue weighted by molar-refractivity contribution is -0.143. The molecule has 4 rings (SSSR count). The number of aliphatic hydroxyl groups is 1. The summed E-state index contributed by atoms with van der Waals surface area (Å²) in [6.07, 6.45) is -2.56. The topological polar surface area (TPSA) is 108 Å². The van der Waals surface area contributed by atoms with E-state index in [4.69, 9.17) is 18.9 Å². The normalized spacial score (nSPS) is 15.5. The molecule has 1 aliphatic rings. The summed E-state index contributed by atoms with van der Waals surface area (Å²) in [4.78, 5) is 38.8. The molecular weight excluding hydrogens is 784 g/mol. The fraction of sp³-hybridized carbons (Fsp3) is 0.179. The van der Waals surface area contributed by atoms with Gasteiger partial charge in [-0.3, -0.25) is 9.59 Å². The van der Waals surface area contributed by atoms with Crippen LogP contribution < -0.4 is 14.2 Å². The van der Waals surface area contributed by atoms with Crippen LogP contribution in [0.1, 0.15) is 34.5 Å². The highest BCUT2D eigenvalue weighted by Gasteiger charge is 2.43. The molecule has 40 heavy (non-hydrogen) atoms. The standard InChI is InChI=1S/C28H20Br4O8/c1-12(33)39-26-19(31)8-14(9-20(26)32)21-22(23(34)15-10-17(29)25(38-3)18(30)11-15)28(36)40-27(21)24(35)13-4-6-16(37-2)7-5-13/h4-11,24,27,35H,1-3H3. The number of methoxy groups -OCH3 is 2. The number of ether oxygens (including phenoxy) is 4. The Balaban J connectivity index is 1.92. The highest BCUT2D eigenvalue weighted by molar-refractivity contribution is 9.11. The van der Waals surface area contributed by atoms with Crippen molar-refractivity contribution >= 4 is 87.0 Å². The Kier molecular flexibility index (Phi) is 9.56. The van der Waals surface area contributed by atoms with Crippen molar-refractivity contribution in [1.82, 2.24) is 0 Å². The summed E-state index contributed by atoms with van der Waals surface area (Å²) in [7, 11) is 3.01. The van der Waals surface area contributed by atoms with Gasteiger partial charge in [0.25, 0.3) is 0 Å². The average Bonchev–Trinajstić information content (AvgIpc) is 3.26. The highest BCUT2D eigenvalue weighted by Crippen LogP contribution is 2.44. The number of hydrogen-bond acceptors (Lipinski definition) is 8. The highest BCUT2D eigenvalue weighted by atomic mass is 79.9. The summed E-state index contributed by atoms with van der Waals surface area (Å²) < 4.78 is 23.2. The van der Waals surface area contributed by atoms with Gasteiger partial charge in [0.15, 0.2) is 11.9 Å². The molecule has 2 atom stereocenters. The average molecular weight is 804 g/mol. The zero-order valence-corrected chi connectivity index (χ0v) is 27.4. The number of rotatable bonds is 8. The largest absolute Gasteiger partial charge is 0.497 e. The van der Waals surface area contributed by atoms with Gasteiger partial charge in [0.1, 0.15) is 23.2 Å². The van der Waals surface area contributed by atoms with E-state index in [1.165, 1.54) is 33.3 Å². The van der Waals surface area contributed by atoms with Crippen LogP contribution in [0, 0.1) is 0 Å². The first-order valence-electron chi connectivity index (χ1n) is 11.5. The minimum Gasteiger partial charge on any atom is -0.497 e. The molecule has 1 aliphatic heterocycles. The number of halogens is 4. The summed E-state index contributed by atoms with van der Waals surface area (Å²) >= 11 is 13.6. The molecule has 0 saturated heterocycles. The molecule has 3 aromatic carbocycles. The van der Waals surface area contributed by atoms with E-state index in [-0.39, 0.29) is 22.5 Å². The van der Waals surface area contributed by atoms with E-state index in [2.05, 4.69) is 63.7 Å². The van der Waals surface area contributed by atoms with Crippen molar-refractivity contribution in [3.63, 3.8) is 0 Å². The first kappa shape index (κ1) is 30.4. The smallest absolute Gasteiger partial charge is 0.343 e. The molecule has 0 fully saturated rings. The predicted octanol–water partition coefficient (Wildman–Crippen LogP) is 6.97. The van der Waals surface area contributed by atoms with E-state index in [1.807, 2.05) is 0 Å². The van der Waals surface area contributed by atoms with Gasteiger partial charge in [-0.15, -0.1) is 0 Å². The third-order valence-corrected chi connectivity index (χ3v) is 8.34. The molecule has 3 aromatic rings. The number of Topliss-reactive ketones (excluding diaryl/α,β-unsaturated/α-hetero) is 1. The van der Waals surface area contributed by atoms with Gasteiger partial charge in [-0.1, -0.05) is 12.1 Å². The number of ketones is 1. The SMILES string of the molecule is COc1ccc(C(O)C2OC(=O)C(C(=O)c3cc(Br)c(OC)c(Br)c3)=C2c2cc(Br)c(OC(C)=O)c(Br)c2)cc1. The Labute approximate surface area is 263 Å². The van der Waals surface area contributed by atoms with Crippen LogP contribution >= 0.6 is 63.7 Å². The number of carbonyl (C=O) groups is 3. The molecule has 208 valence electrons. The Hall–Kier alpha value is -2.51. The molecule has 0 amide bonds. The summed E-state index contributed by atoms with van der Waals surface area (Å²) in [6.45, 7) is 1.27. The van der Waals surface area contributed by atoms with Gasteiger partial charge in [0.2, 0.25) is 5.78 Å². The van der Waals surface area contributed by atoms with Crippen LogP contribution in [0.2, 0.25) is 0 Å². The van der Waals surface area contributed by atoms with Crippen LogP contribution in [0.25, 0.3) is 5.57 Å². The molecule has 2 unspecified atom stereocenters. The Morgan fingerprint density at radius 1 is 0.875 bits per heavy atom. The van der Waals surface area contributed by atoms with Crippen molar-refractivity contribution < 1.29 is 38.4 Å². The van der Waals surface area contributed by atoms with E-state index < -0.39 is 29.9 Å². The van der Waals surface area contributed by atoms with Gasteiger partial charge in [-0.05, 0) is 111 Å². The number of esters is 2. The lowest BCUT2D eigenvalue weighted by Gasteiger charge is -2.22. The maximum Gasteiger partial charge on any atom is 0.343 e. The summed E-state index contributed by atoms with van der Waals surface area (Å²) in [6, 6.07) is 12.8. The molecule has 8 nitrogen and oxygen atoms in total. The molecule has 0 bridgehead atoms. The number of benzene rings is 3. The van der Waals surface area contributed by atoms with Crippen LogP contribution in [0.5, 0.6) is 17.2 Å². The van der Waals surface area contributed by atoms with Crippen molar-refractivity contribution in [2.24, 2.45) is 0 Å². The van der Waals surface area contributed by atoms with E-state index in [0.29, 0.717) is 40.5 Å². The van der Waals surface area contributed by atoms with Crippen LogP contribution in [-0.4, -0.2) is 43.2 Å². The second-order valence-corrected chi connectivity index (χ2v) is 11.9. The molecule has 0 aliphatic carbocycles. The third kappa shape index (κ3) is 6.06. The molecule has 12 heteroatoms. The maximum absolute atomic E-state index is 13.9. The molecule has 0 aromatic heterocycles. The lowest BCUT2D eigenvalue weighted by atomic mass is 9.88. The van der Waals surface area contributed by atoms with E-state index in [9.17, 15) is 19.5 Å². The zero-order valence-electron chi connectivity index (χ0n) is 21.1. The van der Waals surface area contributed by atoms with Crippen molar-refractivity contribution in [1.29, 1.82) is 0 Å². The van der Waals surface area contributed by atoms with Crippen LogP contribution in [-0.2, 0) is 14.3 Å². The minimum absolute atomic E-state index is 0.164. The summed E-state index contributed by atoms with van der Waals surface area (Å²) in [5, 5.41) is 11.4. The molecule has 0 spiro atoms. The molecular formula is C28H20Br4O8. The Morgan fingerprint density at radius 2 is 1.43 bits per heavy atom. The van der Waals surface area contributed by atoms with E-state index in [1.54, 1.807) is 36.4 Å². The van der Waals surface area contributed by atoms with Crippen molar-refractivity contribution in [3.8, 4) is 17.2 Å². The second-order valence-electron chi connectivity index (χ2n) is 8.50. The fourth-order valence-electron chi connectivity index (χ4n) is 4.19. The Morgan fingerprint density at radius 3 is 1.93 bits per heavy atom. The van der Waals surface area contributed by atoms with Gasteiger partial charge in [0.05, 0.1) is 32.1 Å². The van der Waals surface area contributed by atoms with E-state index >= 15 is 0 Å². The minimum atomic E-state index is -1.32. The van der Waals surface area contributed by atoms with E-state index in [0.717, 1.165) is 0 Å².